The van der Waals surface area contributed by atoms with Gasteiger partial charge in [0.15, 0.2) is 0 Å². The minimum atomic E-state index is -5.00. The summed E-state index contributed by atoms with van der Waals surface area (Å²) in [4.78, 5) is 47.4. The van der Waals surface area contributed by atoms with Gasteiger partial charge in [-0.05, 0) is 60.1 Å². The van der Waals surface area contributed by atoms with Crippen molar-refractivity contribution in [2.45, 2.75) is 65.0 Å². The van der Waals surface area contributed by atoms with E-state index < -0.39 is 47.8 Å². The molecule has 2 rings (SSSR count). The average Bonchev–Trinajstić information content (AvgIpc) is 2.96. The van der Waals surface area contributed by atoms with E-state index in [4.69, 9.17) is 0 Å². The van der Waals surface area contributed by atoms with Crippen LogP contribution in [0.4, 0.5) is 37.7 Å². The quantitative estimate of drug-likeness (QED) is 0.141. The summed E-state index contributed by atoms with van der Waals surface area (Å²) in [6.07, 6.45) is -6.40. The highest BCUT2D eigenvalue weighted by Crippen LogP contribution is 2.19. The first-order chi connectivity index (χ1) is 21.4. The first-order valence-corrected chi connectivity index (χ1v) is 14.3. The molecule has 2 aromatic rings. The van der Waals surface area contributed by atoms with Gasteiger partial charge in [-0.25, -0.2) is 0 Å². The largest absolute Gasteiger partial charge is 0.454 e. The van der Waals surface area contributed by atoms with Crippen LogP contribution >= 0.6 is 0 Å². The molecule has 0 saturated heterocycles. The number of carbonyl (C=O) groups is 4. The fourth-order valence-corrected chi connectivity index (χ4v) is 4.02. The molecule has 0 fully saturated rings. The molecular formula is C32H36F6N4O4. The summed E-state index contributed by atoms with van der Waals surface area (Å²) >= 11 is 0. The standard InChI is InChI=1S/C32H36F6N4O4/c1-19(2)27(39-17-15-25(43)31(33,34)35)29(45)41-23-11-7-21(8-12-23)5-6-22-9-13-24(14-10-22)42-30(46)28(20(3)4)40-18-16-26(44)32(36,37)38/h7-20,27-28,39-40H,5-6H2,1-4H3,(H,41,45)(H,42,46)/b17-15+,18-16+. The van der Waals surface area contributed by atoms with Crippen molar-refractivity contribution in [3.05, 3.63) is 84.2 Å². The Kier molecular flexibility index (Phi) is 13.6. The number of aryl methyl sites for hydroxylation is 2. The van der Waals surface area contributed by atoms with E-state index in [0.717, 1.165) is 23.5 Å². The SMILES string of the molecule is CC(C)C(N/C=C/C(=O)C(F)(F)F)C(=O)Nc1ccc(CCc2ccc(NC(=O)C(N/C=C/C(=O)C(F)(F)F)C(C)C)cc2)cc1. The van der Waals surface area contributed by atoms with Gasteiger partial charge in [0.2, 0.25) is 11.8 Å². The molecular weight excluding hydrogens is 618 g/mol. The van der Waals surface area contributed by atoms with Crippen LogP contribution in [0.25, 0.3) is 0 Å². The van der Waals surface area contributed by atoms with Gasteiger partial charge in [0.25, 0.3) is 11.6 Å². The first-order valence-electron chi connectivity index (χ1n) is 14.3. The Morgan fingerprint density at radius 2 is 0.891 bits per heavy atom. The average molecular weight is 655 g/mol. The Morgan fingerprint density at radius 3 is 1.15 bits per heavy atom. The smallest absolute Gasteiger partial charge is 0.379 e. The first kappa shape index (κ1) is 37.6. The normalized spacial score (nSPS) is 13.6. The number of ketones is 2. The van der Waals surface area contributed by atoms with Crippen molar-refractivity contribution < 1.29 is 45.5 Å². The van der Waals surface area contributed by atoms with Gasteiger partial charge in [-0.3, -0.25) is 19.2 Å². The highest BCUT2D eigenvalue weighted by atomic mass is 19.4. The van der Waals surface area contributed by atoms with Crippen LogP contribution in [0.5, 0.6) is 0 Å². The maximum Gasteiger partial charge on any atom is 0.454 e. The van der Waals surface area contributed by atoms with E-state index in [1.807, 2.05) is 24.3 Å². The van der Waals surface area contributed by atoms with Crippen LogP contribution in [0.15, 0.2) is 73.1 Å². The monoisotopic (exact) mass is 654 g/mol. The number of rotatable bonds is 15. The summed E-state index contributed by atoms with van der Waals surface area (Å²) in [6.45, 7) is 6.81. The lowest BCUT2D eigenvalue weighted by atomic mass is 10.0. The molecule has 0 heterocycles. The molecule has 0 spiro atoms. The minimum absolute atomic E-state index is 0.293. The maximum absolute atomic E-state index is 12.7. The molecule has 46 heavy (non-hydrogen) atoms. The topological polar surface area (TPSA) is 116 Å². The minimum Gasteiger partial charge on any atom is -0.379 e. The summed E-state index contributed by atoms with van der Waals surface area (Å²) in [6, 6.07) is 12.3. The molecule has 0 saturated carbocycles. The van der Waals surface area contributed by atoms with Gasteiger partial charge >= 0.3 is 12.4 Å². The van der Waals surface area contributed by atoms with Gasteiger partial charge in [-0.1, -0.05) is 52.0 Å². The maximum atomic E-state index is 12.7. The summed E-state index contributed by atoms with van der Waals surface area (Å²) < 4.78 is 74.3. The third-order valence-corrected chi connectivity index (χ3v) is 6.62. The second kappa shape index (κ2) is 16.6. The predicted molar refractivity (Wildman–Crippen MR) is 161 cm³/mol. The fourth-order valence-electron chi connectivity index (χ4n) is 4.02. The Hall–Kier alpha value is -4.62. The van der Waals surface area contributed by atoms with Crippen molar-refractivity contribution >= 4 is 34.8 Å². The lowest BCUT2D eigenvalue weighted by Gasteiger charge is -2.21. The van der Waals surface area contributed by atoms with Crippen LogP contribution in [0.1, 0.15) is 38.8 Å². The summed E-state index contributed by atoms with van der Waals surface area (Å²) in [5, 5.41) is 10.5. The number of hydrogen-bond donors (Lipinski definition) is 4. The van der Waals surface area contributed by atoms with Gasteiger partial charge in [0.05, 0.1) is 0 Å². The van der Waals surface area contributed by atoms with Crippen molar-refractivity contribution in [3.8, 4) is 0 Å². The predicted octanol–water partition coefficient (Wildman–Crippen LogP) is 5.87. The van der Waals surface area contributed by atoms with Crippen molar-refractivity contribution in [1.29, 1.82) is 0 Å². The number of anilines is 2. The van der Waals surface area contributed by atoms with Crippen LogP contribution < -0.4 is 21.3 Å². The van der Waals surface area contributed by atoms with Gasteiger partial charge in [-0.15, -0.1) is 0 Å². The van der Waals surface area contributed by atoms with Crippen LogP contribution in [-0.2, 0) is 32.0 Å². The van der Waals surface area contributed by atoms with Crippen LogP contribution in [0.3, 0.4) is 0 Å². The number of allylic oxidation sites excluding steroid dienone is 2. The van der Waals surface area contributed by atoms with E-state index in [2.05, 4.69) is 21.3 Å². The van der Waals surface area contributed by atoms with Crippen LogP contribution in [0.2, 0.25) is 0 Å². The van der Waals surface area contributed by atoms with Gasteiger partial charge in [0.1, 0.15) is 12.1 Å². The van der Waals surface area contributed by atoms with Crippen molar-refractivity contribution in [2.75, 3.05) is 10.6 Å². The summed E-state index contributed by atoms with van der Waals surface area (Å²) in [5.41, 5.74) is 2.89. The lowest BCUT2D eigenvalue weighted by molar-refractivity contribution is -0.165. The van der Waals surface area contributed by atoms with E-state index in [9.17, 15) is 45.5 Å². The number of hydrogen-bond acceptors (Lipinski definition) is 6. The van der Waals surface area contributed by atoms with E-state index in [1.54, 1.807) is 52.0 Å². The van der Waals surface area contributed by atoms with Crippen molar-refractivity contribution in [1.82, 2.24) is 10.6 Å². The molecule has 8 nitrogen and oxygen atoms in total. The molecule has 4 N–H and O–H groups in total. The second-order valence-corrected chi connectivity index (χ2v) is 11.0. The van der Waals surface area contributed by atoms with Crippen molar-refractivity contribution in [2.24, 2.45) is 11.8 Å². The highest BCUT2D eigenvalue weighted by molar-refractivity contribution is 5.97. The molecule has 2 aromatic carbocycles. The number of carbonyl (C=O) groups excluding carboxylic acids is 4. The Balaban J connectivity index is 1.90. The Labute approximate surface area is 262 Å². The molecule has 0 aromatic heterocycles. The van der Waals surface area contributed by atoms with Crippen LogP contribution in [-0.4, -0.2) is 47.8 Å². The summed E-state index contributed by atoms with van der Waals surface area (Å²) in [7, 11) is 0. The molecule has 2 unspecified atom stereocenters. The zero-order valence-corrected chi connectivity index (χ0v) is 25.6. The Morgan fingerprint density at radius 1 is 0.587 bits per heavy atom. The lowest BCUT2D eigenvalue weighted by Crippen LogP contribution is -2.42. The van der Waals surface area contributed by atoms with Crippen LogP contribution in [0, 0.1) is 11.8 Å². The van der Waals surface area contributed by atoms with Gasteiger partial charge < -0.3 is 21.3 Å². The number of alkyl halides is 6. The number of halogens is 6. The Bertz CT molecular complexity index is 1290. The third-order valence-electron chi connectivity index (χ3n) is 6.62. The highest BCUT2D eigenvalue weighted by Gasteiger charge is 2.37. The fraction of sp³-hybridized carbons (Fsp3) is 0.375. The van der Waals surface area contributed by atoms with E-state index >= 15 is 0 Å². The number of amides is 2. The number of benzene rings is 2. The molecule has 250 valence electrons. The van der Waals surface area contributed by atoms with Crippen molar-refractivity contribution in [3.63, 3.8) is 0 Å². The van der Waals surface area contributed by atoms with Gasteiger partial charge in [-0.2, -0.15) is 26.3 Å². The van der Waals surface area contributed by atoms with E-state index in [0.29, 0.717) is 36.4 Å². The van der Waals surface area contributed by atoms with E-state index in [1.165, 1.54) is 0 Å². The molecule has 2 amide bonds. The van der Waals surface area contributed by atoms with Gasteiger partial charge in [0, 0.05) is 35.9 Å². The summed E-state index contributed by atoms with van der Waals surface area (Å²) in [5.74, 6) is -5.63. The second-order valence-electron chi connectivity index (χ2n) is 11.0. The third kappa shape index (κ3) is 12.4. The molecule has 0 bridgehead atoms. The zero-order valence-electron chi connectivity index (χ0n) is 25.6. The molecule has 0 radical (unpaired) electrons. The zero-order chi connectivity index (χ0) is 34.7. The molecule has 0 aliphatic rings. The molecule has 14 heteroatoms. The molecule has 2 atom stereocenters. The molecule has 0 aliphatic carbocycles. The number of nitrogens with one attached hydrogen (secondary N) is 4. The van der Waals surface area contributed by atoms with E-state index in [-0.39, 0.29) is 11.8 Å². The molecule has 0 aliphatic heterocycles.